The average Bonchev–Trinajstić information content (AvgIpc) is 3.50. The Balaban J connectivity index is 1.54. The second-order valence-electron chi connectivity index (χ2n) is 17.2. The summed E-state index contributed by atoms with van der Waals surface area (Å²) in [5.41, 5.74) is 34.9. The lowest BCUT2D eigenvalue weighted by Crippen LogP contribution is -2.67. The van der Waals surface area contributed by atoms with E-state index < -0.39 is 77.9 Å². The van der Waals surface area contributed by atoms with Gasteiger partial charge in [0.2, 0.25) is 23.6 Å². The van der Waals surface area contributed by atoms with Crippen molar-refractivity contribution in [2.45, 2.75) is 151 Å². The van der Waals surface area contributed by atoms with Gasteiger partial charge in [-0.1, -0.05) is 62.8 Å². The summed E-state index contributed by atoms with van der Waals surface area (Å²) in [4.78, 5) is 97.9. The van der Waals surface area contributed by atoms with Crippen molar-refractivity contribution in [1.82, 2.24) is 20.0 Å². The number of aliphatic imine (C=N–C) groups is 2. The van der Waals surface area contributed by atoms with E-state index in [2.05, 4.69) is 15.3 Å². The van der Waals surface area contributed by atoms with Crippen molar-refractivity contribution in [3.8, 4) is 0 Å². The second-order valence-corrected chi connectivity index (χ2v) is 17.2. The van der Waals surface area contributed by atoms with Crippen LogP contribution in [0.5, 0.6) is 0 Å². The molecule has 2 aliphatic heterocycles. The van der Waals surface area contributed by atoms with Gasteiger partial charge in [-0.3, -0.25) is 38.9 Å². The summed E-state index contributed by atoms with van der Waals surface area (Å²) in [7, 11) is 0. The summed E-state index contributed by atoms with van der Waals surface area (Å²) in [6, 6.07) is 0.116. The Morgan fingerprint density at radius 3 is 2.08 bits per heavy atom. The van der Waals surface area contributed by atoms with Crippen LogP contribution in [-0.2, 0) is 41.7 Å². The normalized spacial score (nSPS) is 23.3. The summed E-state index contributed by atoms with van der Waals surface area (Å²) in [6.45, 7) is -0.919. The minimum absolute atomic E-state index is 0.00411. The van der Waals surface area contributed by atoms with Gasteiger partial charge in [-0.25, -0.2) is 4.79 Å². The SMILES string of the molecule is NC(N)=NCCC[C@@H](N)C(=O)N[C@@H](CCCN=C(N)N)C(=O)N(C(=O)C1(N)CCCCCC1)[C@@H](CO)C(=O)N1Cc2ccccc2C[C@@H]1C(=O)N1[C@H](C(=O)O)C[C@@H]2CCCC[C@@H]21. The zero-order valence-corrected chi connectivity index (χ0v) is 35.5. The number of nitrogens with one attached hydrogen (secondary N) is 1. The summed E-state index contributed by atoms with van der Waals surface area (Å²) < 4.78 is 0. The third-order valence-electron chi connectivity index (χ3n) is 13.0. The van der Waals surface area contributed by atoms with E-state index in [1.165, 1.54) is 9.80 Å². The van der Waals surface area contributed by atoms with Gasteiger partial charge >= 0.3 is 5.97 Å². The fraction of sp³-hybridized carbons (Fsp3) is 0.667. The minimum Gasteiger partial charge on any atom is -0.480 e. The maximum atomic E-state index is 15.3. The van der Waals surface area contributed by atoms with E-state index in [4.69, 9.17) is 34.4 Å². The van der Waals surface area contributed by atoms with Crippen LogP contribution in [0.2, 0.25) is 0 Å². The molecule has 0 aromatic heterocycles. The number of carboxylic acids is 1. The highest BCUT2D eigenvalue weighted by atomic mass is 16.4. The Labute approximate surface area is 362 Å². The van der Waals surface area contributed by atoms with E-state index in [1.54, 1.807) is 12.1 Å². The molecule has 62 heavy (non-hydrogen) atoms. The minimum atomic E-state index is -1.89. The lowest BCUT2D eigenvalue weighted by molar-refractivity contribution is -0.165. The molecular weight excluding hydrogens is 801 g/mol. The van der Waals surface area contributed by atoms with E-state index in [1.807, 2.05) is 12.1 Å². The van der Waals surface area contributed by atoms with E-state index in [-0.39, 0.29) is 82.0 Å². The summed E-state index contributed by atoms with van der Waals surface area (Å²) >= 11 is 0. The standard InChI is InChI=1S/C42H66N12O8/c43-28(14-9-19-49-40(44)45)34(56)51-29(15-10-20-50-41(46)47)35(57)54(39(62)42(48)17-7-1-2-8-18-42)33(24-55)36(58)52-23-27-13-4-3-11-25(27)21-31(52)37(59)53-30-16-6-5-12-26(30)22-32(53)38(60)61/h3-4,11,13,26,28-33,55H,1-2,5-10,12,14-24,43,48H2,(H,51,56)(H,60,61)(H4,44,45,49)(H4,46,47,50)/t26-,28+,29-,30-,31+,32-,33-/m0/s1. The first-order chi connectivity index (χ1) is 29.6. The summed E-state index contributed by atoms with van der Waals surface area (Å²) in [6.07, 6.45) is 7.10. The molecule has 20 heteroatoms. The number of nitrogens with zero attached hydrogens (tertiary/aromatic N) is 5. The number of carbonyl (C=O) groups excluding carboxylic acids is 5. The number of rotatable bonds is 17. The van der Waals surface area contributed by atoms with Crippen LogP contribution in [0.4, 0.5) is 0 Å². The van der Waals surface area contributed by atoms with Crippen molar-refractivity contribution in [3.05, 3.63) is 35.4 Å². The first-order valence-electron chi connectivity index (χ1n) is 21.9. The maximum absolute atomic E-state index is 15.3. The number of carbonyl (C=O) groups is 6. The van der Waals surface area contributed by atoms with Gasteiger partial charge in [-0.05, 0) is 74.8 Å². The zero-order valence-electron chi connectivity index (χ0n) is 35.5. The van der Waals surface area contributed by atoms with E-state index in [0.717, 1.165) is 37.7 Å². The van der Waals surface area contributed by atoms with Crippen molar-refractivity contribution >= 4 is 47.4 Å². The smallest absolute Gasteiger partial charge is 0.326 e. The second kappa shape index (κ2) is 21.6. The van der Waals surface area contributed by atoms with Gasteiger partial charge in [-0.2, -0.15) is 0 Å². The molecule has 0 radical (unpaired) electrons. The number of nitrogens with two attached hydrogens (primary N) is 6. The highest BCUT2D eigenvalue weighted by molar-refractivity contribution is 6.07. The summed E-state index contributed by atoms with van der Waals surface area (Å²) in [5, 5.41) is 24.3. The van der Waals surface area contributed by atoms with Crippen molar-refractivity contribution in [2.75, 3.05) is 19.7 Å². The molecule has 5 rings (SSSR count). The Bertz CT molecular complexity index is 1840. The lowest BCUT2D eigenvalue weighted by Gasteiger charge is -2.44. The molecule has 342 valence electrons. The zero-order chi connectivity index (χ0) is 45.1. The van der Waals surface area contributed by atoms with Crippen LogP contribution >= 0.6 is 0 Å². The van der Waals surface area contributed by atoms with Crippen LogP contribution < -0.4 is 39.7 Å². The average molecular weight is 867 g/mol. The third kappa shape index (κ3) is 11.4. The lowest BCUT2D eigenvalue weighted by atomic mass is 9.84. The molecule has 0 spiro atoms. The molecule has 20 nitrogen and oxygen atoms in total. The Morgan fingerprint density at radius 1 is 0.855 bits per heavy atom. The van der Waals surface area contributed by atoms with Gasteiger partial charge in [0, 0.05) is 32.1 Å². The number of carboxylic acid groups (broad SMARTS) is 1. The van der Waals surface area contributed by atoms with Gasteiger partial charge in [0.05, 0.1) is 18.2 Å². The number of guanidine groups is 2. The Hall–Kier alpha value is -5.34. The number of imide groups is 1. The highest BCUT2D eigenvalue weighted by Crippen LogP contribution is 2.41. The maximum Gasteiger partial charge on any atom is 0.326 e. The Morgan fingerprint density at radius 2 is 1.47 bits per heavy atom. The van der Waals surface area contributed by atoms with Crippen LogP contribution in [-0.4, -0.2) is 134 Å². The molecule has 2 heterocycles. The van der Waals surface area contributed by atoms with Crippen LogP contribution in [0.3, 0.4) is 0 Å². The number of hydrogen-bond acceptors (Lipinski definition) is 11. The molecule has 2 aliphatic carbocycles. The van der Waals surface area contributed by atoms with E-state index in [9.17, 15) is 24.6 Å². The topological polar surface area (TPSA) is 345 Å². The fourth-order valence-corrected chi connectivity index (χ4v) is 9.67. The van der Waals surface area contributed by atoms with Gasteiger partial charge < -0.3 is 59.7 Å². The first-order valence-corrected chi connectivity index (χ1v) is 21.9. The molecule has 5 amide bonds. The van der Waals surface area contributed by atoms with E-state index in [0.29, 0.717) is 42.6 Å². The number of aliphatic hydroxyl groups is 1. The molecule has 3 fully saturated rings. The van der Waals surface area contributed by atoms with Crippen molar-refractivity contribution in [1.29, 1.82) is 0 Å². The number of fused-ring (bicyclic) bond motifs is 2. The third-order valence-corrected chi connectivity index (χ3v) is 13.0. The Kier molecular flexibility index (Phi) is 16.7. The fourth-order valence-electron chi connectivity index (χ4n) is 9.67. The number of aliphatic hydroxyl groups excluding tert-OH is 1. The molecule has 1 saturated heterocycles. The van der Waals surface area contributed by atoms with Gasteiger partial charge in [-0.15, -0.1) is 0 Å². The van der Waals surface area contributed by atoms with Crippen LogP contribution in [0, 0.1) is 5.92 Å². The monoisotopic (exact) mass is 867 g/mol. The number of benzene rings is 1. The number of hydrogen-bond donors (Lipinski definition) is 9. The van der Waals surface area contributed by atoms with Crippen LogP contribution in [0.25, 0.3) is 0 Å². The molecule has 0 unspecified atom stereocenters. The molecule has 0 bridgehead atoms. The molecule has 2 saturated carbocycles. The van der Waals surface area contributed by atoms with Crippen LogP contribution in [0.15, 0.2) is 34.3 Å². The first kappa shape index (κ1) is 47.7. The molecule has 7 atom stereocenters. The van der Waals surface area contributed by atoms with Gasteiger partial charge in [0.25, 0.3) is 5.91 Å². The van der Waals surface area contributed by atoms with Gasteiger partial charge in [0.1, 0.15) is 24.2 Å². The highest BCUT2D eigenvalue weighted by Gasteiger charge is 2.53. The number of amides is 5. The molecular formula is C42H66N12O8. The molecule has 1 aromatic carbocycles. The molecule has 15 N–H and O–H groups in total. The largest absolute Gasteiger partial charge is 0.480 e. The molecule has 4 aliphatic rings. The van der Waals surface area contributed by atoms with Gasteiger partial charge in [0.15, 0.2) is 11.9 Å². The predicted octanol–water partition coefficient (Wildman–Crippen LogP) is -1.13. The number of likely N-dealkylation sites (tertiary alicyclic amines) is 1. The number of aliphatic carboxylic acids is 1. The van der Waals surface area contributed by atoms with E-state index >= 15 is 14.4 Å². The summed E-state index contributed by atoms with van der Waals surface area (Å²) in [5.74, 6) is -5.57. The quantitative estimate of drug-likeness (QED) is 0.0388. The molecule has 1 aromatic rings. The van der Waals surface area contributed by atoms with Crippen LogP contribution in [0.1, 0.15) is 107 Å². The van der Waals surface area contributed by atoms with Crippen molar-refractivity contribution < 1.29 is 39.0 Å². The van der Waals surface area contributed by atoms with Crippen molar-refractivity contribution in [2.24, 2.45) is 50.3 Å². The van der Waals surface area contributed by atoms with Crippen molar-refractivity contribution in [3.63, 3.8) is 0 Å². The predicted molar refractivity (Wildman–Crippen MR) is 230 cm³/mol.